The Kier molecular flexibility index (Phi) is 3.78. The second kappa shape index (κ2) is 5.13. The first-order valence-electron chi connectivity index (χ1n) is 6.97. The number of rotatable bonds is 4. The van der Waals surface area contributed by atoms with Gasteiger partial charge in [-0.2, -0.15) is 0 Å². The van der Waals surface area contributed by atoms with Gasteiger partial charge in [0, 0.05) is 6.92 Å². The molecule has 1 aliphatic carbocycles. The molecule has 0 spiro atoms. The highest BCUT2D eigenvalue weighted by molar-refractivity contribution is 6.02. The van der Waals surface area contributed by atoms with Gasteiger partial charge >= 0.3 is 17.9 Å². The van der Waals surface area contributed by atoms with Gasteiger partial charge in [0.15, 0.2) is 0 Å². The van der Waals surface area contributed by atoms with Gasteiger partial charge in [-0.1, -0.05) is 18.2 Å². The second-order valence-electron chi connectivity index (χ2n) is 6.00. The summed E-state index contributed by atoms with van der Waals surface area (Å²) in [6.07, 6.45) is 5.91. The maximum Gasteiger partial charge on any atom is 0.321 e. The minimum Gasteiger partial charge on any atom is -0.462 e. The number of ether oxygens (including phenoxy) is 2. The predicted octanol–water partition coefficient (Wildman–Crippen LogP) is 2.02. The maximum absolute atomic E-state index is 12.2. The fraction of sp³-hybridized carbons (Fsp3) is 0.562. The van der Waals surface area contributed by atoms with Crippen molar-refractivity contribution >= 4 is 17.9 Å². The van der Waals surface area contributed by atoms with Crippen LogP contribution in [0.2, 0.25) is 0 Å². The number of hydrogen-bond acceptors (Lipinski definition) is 5. The highest BCUT2D eigenvalue weighted by atomic mass is 16.6. The molecule has 0 amide bonds. The molecule has 0 unspecified atom stereocenters. The van der Waals surface area contributed by atoms with Crippen molar-refractivity contribution in [3.63, 3.8) is 0 Å². The van der Waals surface area contributed by atoms with E-state index in [1.807, 2.05) is 6.08 Å². The van der Waals surface area contributed by atoms with Gasteiger partial charge in [0.05, 0.1) is 10.8 Å². The zero-order valence-electron chi connectivity index (χ0n) is 12.5. The van der Waals surface area contributed by atoms with E-state index in [9.17, 15) is 14.4 Å². The summed E-state index contributed by atoms with van der Waals surface area (Å²) in [5, 5.41) is 0. The van der Waals surface area contributed by atoms with Crippen LogP contribution in [0, 0.1) is 22.7 Å². The third-order valence-electron chi connectivity index (χ3n) is 5.14. The molecule has 21 heavy (non-hydrogen) atoms. The molecule has 1 saturated heterocycles. The minimum absolute atomic E-state index is 0.121. The third kappa shape index (κ3) is 2.03. The highest BCUT2D eigenvalue weighted by Gasteiger charge is 2.72. The molecule has 5 nitrogen and oxygen atoms in total. The molecule has 0 bridgehead atoms. The monoisotopic (exact) mass is 292 g/mol. The van der Waals surface area contributed by atoms with Gasteiger partial charge in [-0.25, -0.2) is 0 Å². The third-order valence-corrected chi connectivity index (χ3v) is 5.14. The molecule has 0 radical (unpaired) electrons. The van der Waals surface area contributed by atoms with E-state index in [-0.39, 0.29) is 24.4 Å². The fourth-order valence-corrected chi connectivity index (χ4v) is 3.53. The summed E-state index contributed by atoms with van der Waals surface area (Å²) in [6.45, 7) is 8.81. The summed E-state index contributed by atoms with van der Waals surface area (Å²) in [6, 6.07) is 0. The summed E-state index contributed by atoms with van der Waals surface area (Å²) in [7, 11) is 0. The van der Waals surface area contributed by atoms with E-state index < -0.39 is 22.8 Å². The number of carbonyl (C=O) groups excluding carboxylic acids is 3. The van der Waals surface area contributed by atoms with E-state index in [2.05, 4.69) is 6.58 Å². The number of carbonyl (C=O) groups is 3. The number of hydrogen-bond donors (Lipinski definition) is 0. The lowest BCUT2D eigenvalue weighted by Crippen LogP contribution is -2.41. The molecule has 114 valence electrons. The molecule has 2 aliphatic rings. The predicted molar refractivity (Wildman–Crippen MR) is 74.9 cm³/mol. The molecule has 2 rings (SSSR count). The zero-order chi connectivity index (χ0) is 15.8. The lowest BCUT2D eigenvalue weighted by atomic mass is 9.63. The Morgan fingerprint density at radius 1 is 1.33 bits per heavy atom. The number of esters is 3. The Hall–Kier alpha value is -1.91. The molecule has 4 atom stereocenters. The lowest BCUT2D eigenvalue weighted by Gasteiger charge is -2.32. The molecular formula is C16H20O5. The first-order chi connectivity index (χ1) is 9.78. The number of fused-ring (bicyclic) bond motifs is 1. The van der Waals surface area contributed by atoms with Crippen molar-refractivity contribution in [3.05, 3.63) is 24.8 Å². The Morgan fingerprint density at radius 2 is 1.90 bits per heavy atom. The van der Waals surface area contributed by atoms with E-state index in [1.165, 1.54) is 6.92 Å². The molecule has 5 heteroatoms. The summed E-state index contributed by atoms with van der Waals surface area (Å²) in [5.74, 6) is -1.59. The van der Waals surface area contributed by atoms with Crippen LogP contribution >= 0.6 is 0 Å². The van der Waals surface area contributed by atoms with E-state index in [4.69, 9.17) is 9.47 Å². The van der Waals surface area contributed by atoms with Gasteiger partial charge in [0.1, 0.15) is 6.61 Å². The minimum atomic E-state index is -0.907. The largest absolute Gasteiger partial charge is 0.462 e. The molecule has 2 fully saturated rings. The summed E-state index contributed by atoms with van der Waals surface area (Å²) in [5.41, 5.74) is -1.79. The quantitative estimate of drug-likeness (QED) is 0.450. The van der Waals surface area contributed by atoms with Crippen LogP contribution in [-0.2, 0) is 23.9 Å². The van der Waals surface area contributed by atoms with Crippen LogP contribution in [0.25, 0.3) is 0 Å². The second-order valence-corrected chi connectivity index (χ2v) is 6.00. The molecule has 1 aliphatic heterocycles. The van der Waals surface area contributed by atoms with Gasteiger partial charge in [-0.05, 0) is 32.1 Å². The maximum atomic E-state index is 12.2. The molecule has 1 heterocycles. The summed E-state index contributed by atoms with van der Waals surface area (Å²) >= 11 is 0. The first kappa shape index (κ1) is 15.5. The average molecular weight is 292 g/mol. The van der Waals surface area contributed by atoms with Crippen LogP contribution in [-0.4, -0.2) is 24.5 Å². The Labute approximate surface area is 124 Å². The summed E-state index contributed by atoms with van der Waals surface area (Å²) < 4.78 is 9.74. The first-order valence-corrected chi connectivity index (χ1v) is 6.97. The highest BCUT2D eigenvalue weighted by Crippen LogP contribution is 2.64. The van der Waals surface area contributed by atoms with Crippen LogP contribution in [0.15, 0.2) is 24.8 Å². The molecule has 0 aromatic carbocycles. The average Bonchev–Trinajstić information content (AvgIpc) is 2.75. The van der Waals surface area contributed by atoms with E-state index >= 15 is 0 Å². The topological polar surface area (TPSA) is 69.7 Å². The van der Waals surface area contributed by atoms with Crippen molar-refractivity contribution in [3.8, 4) is 0 Å². The van der Waals surface area contributed by atoms with Crippen LogP contribution in [0.3, 0.4) is 0 Å². The number of cyclic esters (lactones) is 2. The van der Waals surface area contributed by atoms with Crippen LogP contribution < -0.4 is 0 Å². The van der Waals surface area contributed by atoms with Crippen LogP contribution in [0.1, 0.15) is 27.2 Å². The molecule has 0 N–H and O–H groups in total. The fourth-order valence-electron chi connectivity index (χ4n) is 3.53. The Morgan fingerprint density at radius 3 is 2.43 bits per heavy atom. The van der Waals surface area contributed by atoms with E-state index in [0.717, 1.165) is 0 Å². The molecule has 1 saturated carbocycles. The van der Waals surface area contributed by atoms with Crippen molar-refractivity contribution in [1.82, 2.24) is 0 Å². The zero-order valence-corrected chi connectivity index (χ0v) is 12.5. The van der Waals surface area contributed by atoms with Crippen molar-refractivity contribution < 1.29 is 23.9 Å². The lowest BCUT2D eigenvalue weighted by molar-refractivity contribution is -0.157. The number of allylic oxidation sites excluding steroid dienone is 2. The van der Waals surface area contributed by atoms with Gasteiger partial charge in [0.25, 0.3) is 0 Å². The van der Waals surface area contributed by atoms with Crippen molar-refractivity contribution in [2.24, 2.45) is 22.7 Å². The SMILES string of the molecule is C=C[C@H]1C[C@@H](/C=C\COC(C)=O)[C@@]2(C)C(=O)OC(=O)[C@@]12C. The molecule has 0 aromatic rings. The Balaban J connectivity index is 2.28. The van der Waals surface area contributed by atoms with Crippen molar-refractivity contribution in [1.29, 1.82) is 0 Å². The smallest absolute Gasteiger partial charge is 0.321 e. The van der Waals surface area contributed by atoms with Crippen LogP contribution in [0.4, 0.5) is 0 Å². The van der Waals surface area contributed by atoms with Gasteiger partial charge in [-0.15, -0.1) is 6.58 Å². The normalized spacial score (nSPS) is 38.4. The molecular weight excluding hydrogens is 272 g/mol. The standard InChI is InChI=1S/C16H20O5/c1-5-11-9-12(7-6-8-20-10(2)17)16(4)14(19)21-13(18)15(11,16)3/h5-7,11-12H,1,8-9H2,2-4H3/b7-6-/t11-,12+,15+,16-/m0/s1. The van der Waals surface area contributed by atoms with Gasteiger partial charge < -0.3 is 9.47 Å². The Bertz CT molecular complexity index is 535. The van der Waals surface area contributed by atoms with Crippen molar-refractivity contribution in [2.75, 3.05) is 6.61 Å². The van der Waals surface area contributed by atoms with E-state index in [0.29, 0.717) is 6.42 Å². The molecule has 0 aromatic heterocycles. The van der Waals surface area contributed by atoms with Gasteiger partial charge in [-0.3, -0.25) is 14.4 Å². The van der Waals surface area contributed by atoms with Crippen LogP contribution in [0.5, 0.6) is 0 Å². The van der Waals surface area contributed by atoms with Gasteiger partial charge in [0.2, 0.25) is 0 Å². The van der Waals surface area contributed by atoms with Crippen molar-refractivity contribution in [2.45, 2.75) is 27.2 Å². The van der Waals surface area contributed by atoms with E-state index in [1.54, 1.807) is 26.0 Å². The summed E-state index contributed by atoms with van der Waals surface area (Å²) in [4.78, 5) is 35.1.